The van der Waals surface area contributed by atoms with Crippen molar-refractivity contribution in [3.63, 3.8) is 0 Å². The first-order valence-corrected chi connectivity index (χ1v) is 6.30. The van der Waals surface area contributed by atoms with Crippen molar-refractivity contribution in [2.75, 3.05) is 32.1 Å². The number of hydrogen-bond donors (Lipinski definition) is 0. The lowest BCUT2D eigenvalue weighted by Gasteiger charge is -2.21. The van der Waals surface area contributed by atoms with E-state index in [0.29, 0.717) is 13.0 Å². The number of carbonyl (C=O) groups excluding carboxylic acids is 2. The van der Waals surface area contributed by atoms with E-state index in [2.05, 4.69) is 0 Å². The van der Waals surface area contributed by atoms with Gasteiger partial charge in [0.2, 0.25) is 11.8 Å². The number of hydrogen-bond acceptors (Lipinski definition) is 3. The van der Waals surface area contributed by atoms with Crippen molar-refractivity contribution in [3.05, 3.63) is 24.3 Å². The van der Waals surface area contributed by atoms with Gasteiger partial charge in [-0.05, 0) is 30.7 Å². The Labute approximate surface area is 112 Å². The molecule has 2 rings (SSSR count). The van der Waals surface area contributed by atoms with Crippen LogP contribution in [0.1, 0.15) is 12.8 Å². The molecular weight excluding hydrogens is 244 g/mol. The van der Waals surface area contributed by atoms with Crippen molar-refractivity contribution in [1.29, 1.82) is 0 Å². The van der Waals surface area contributed by atoms with Gasteiger partial charge < -0.3 is 14.5 Å². The number of methoxy groups -OCH3 is 1. The van der Waals surface area contributed by atoms with Gasteiger partial charge in [0, 0.05) is 25.7 Å². The normalized spacial score (nSPS) is 14.6. The maximum absolute atomic E-state index is 12.1. The lowest BCUT2D eigenvalue weighted by molar-refractivity contribution is -0.132. The summed E-state index contributed by atoms with van der Waals surface area (Å²) in [5.74, 6) is 0.733. The molecule has 19 heavy (non-hydrogen) atoms. The van der Waals surface area contributed by atoms with Gasteiger partial charge in [-0.15, -0.1) is 0 Å². The zero-order chi connectivity index (χ0) is 13.8. The molecule has 0 aromatic heterocycles. The van der Waals surface area contributed by atoms with Crippen LogP contribution in [-0.4, -0.2) is 44.0 Å². The van der Waals surface area contributed by atoms with E-state index in [0.717, 1.165) is 17.9 Å². The highest BCUT2D eigenvalue weighted by Crippen LogP contribution is 2.19. The maximum Gasteiger partial charge on any atom is 0.246 e. The molecule has 1 aliphatic rings. The van der Waals surface area contributed by atoms with Gasteiger partial charge in [-0.25, -0.2) is 0 Å². The van der Waals surface area contributed by atoms with E-state index in [1.807, 2.05) is 12.1 Å². The summed E-state index contributed by atoms with van der Waals surface area (Å²) in [6.45, 7) is 0.836. The number of nitrogens with zero attached hydrogens (tertiary/aromatic N) is 2. The molecule has 1 aromatic carbocycles. The highest BCUT2D eigenvalue weighted by molar-refractivity contribution is 5.96. The van der Waals surface area contributed by atoms with Crippen LogP contribution in [0, 0.1) is 0 Å². The fraction of sp³-hybridized carbons (Fsp3) is 0.429. The Morgan fingerprint density at radius 1 is 1.37 bits per heavy atom. The highest BCUT2D eigenvalue weighted by atomic mass is 16.5. The van der Waals surface area contributed by atoms with Crippen LogP contribution < -0.4 is 9.64 Å². The molecule has 0 bridgehead atoms. The minimum Gasteiger partial charge on any atom is -0.497 e. The quantitative estimate of drug-likeness (QED) is 0.821. The summed E-state index contributed by atoms with van der Waals surface area (Å²) in [6, 6.07) is 7.26. The number of rotatable bonds is 4. The van der Waals surface area contributed by atoms with Crippen LogP contribution in [0.25, 0.3) is 0 Å². The van der Waals surface area contributed by atoms with Crippen LogP contribution in [0.4, 0.5) is 5.69 Å². The van der Waals surface area contributed by atoms with E-state index in [9.17, 15) is 9.59 Å². The predicted molar refractivity (Wildman–Crippen MR) is 72.2 cm³/mol. The van der Waals surface area contributed by atoms with E-state index < -0.39 is 0 Å². The van der Waals surface area contributed by atoms with Gasteiger partial charge in [0.1, 0.15) is 12.3 Å². The summed E-state index contributed by atoms with van der Waals surface area (Å²) in [5, 5.41) is 0. The molecule has 0 aliphatic carbocycles. The topological polar surface area (TPSA) is 49.9 Å². The van der Waals surface area contributed by atoms with Gasteiger partial charge in [0.15, 0.2) is 0 Å². The van der Waals surface area contributed by atoms with Crippen LogP contribution in [0.2, 0.25) is 0 Å². The maximum atomic E-state index is 12.1. The summed E-state index contributed by atoms with van der Waals surface area (Å²) in [6.07, 6.45) is 1.40. The summed E-state index contributed by atoms with van der Waals surface area (Å²) >= 11 is 0. The molecule has 5 heteroatoms. The number of anilines is 1. The van der Waals surface area contributed by atoms with Gasteiger partial charge in [-0.2, -0.15) is 0 Å². The third-order valence-electron chi connectivity index (χ3n) is 3.33. The van der Waals surface area contributed by atoms with Crippen LogP contribution in [0.15, 0.2) is 24.3 Å². The van der Waals surface area contributed by atoms with Gasteiger partial charge in [-0.1, -0.05) is 0 Å². The fourth-order valence-corrected chi connectivity index (χ4v) is 2.09. The molecule has 0 spiro atoms. The first-order valence-electron chi connectivity index (χ1n) is 6.30. The molecule has 1 saturated heterocycles. The minimum atomic E-state index is -0.0829. The highest BCUT2D eigenvalue weighted by Gasteiger charge is 2.24. The monoisotopic (exact) mass is 262 g/mol. The summed E-state index contributed by atoms with van der Waals surface area (Å²) in [4.78, 5) is 26.8. The Morgan fingerprint density at radius 3 is 2.58 bits per heavy atom. The van der Waals surface area contributed by atoms with E-state index in [1.54, 1.807) is 36.1 Å². The zero-order valence-corrected chi connectivity index (χ0v) is 11.3. The first kappa shape index (κ1) is 13.4. The second kappa shape index (κ2) is 5.73. The molecule has 5 nitrogen and oxygen atoms in total. The molecule has 1 aromatic rings. The average molecular weight is 262 g/mol. The number of carbonyl (C=O) groups is 2. The molecule has 102 valence electrons. The second-order valence-corrected chi connectivity index (χ2v) is 4.57. The van der Waals surface area contributed by atoms with Crippen molar-refractivity contribution >= 4 is 17.5 Å². The van der Waals surface area contributed by atoms with Crippen LogP contribution in [-0.2, 0) is 9.59 Å². The Morgan fingerprint density at radius 2 is 2.05 bits per heavy atom. The molecule has 1 fully saturated rings. The number of likely N-dealkylation sites (N-methyl/N-ethyl adjacent to an activating group) is 1. The van der Waals surface area contributed by atoms with E-state index >= 15 is 0 Å². The molecule has 0 saturated carbocycles. The van der Waals surface area contributed by atoms with Crippen molar-refractivity contribution in [1.82, 2.24) is 4.90 Å². The Kier molecular flexibility index (Phi) is 4.04. The van der Waals surface area contributed by atoms with Crippen LogP contribution >= 0.6 is 0 Å². The molecule has 0 N–H and O–H groups in total. The third kappa shape index (κ3) is 3.05. The number of amides is 2. The zero-order valence-electron chi connectivity index (χ0n) is 11.3. The Bertz CT molecular complexity index is 470. The molecule has 2 amide bonds. The van der Waals surface area contributed by atoms with Gasteiger partial charge in [-0.3, -0.25) is 9.59 Å². The largest absolute Gasteiger partial charge is 0.497 e. The average Bonchev–Trinajstić information content (AvgIpc) is 2.83. The minimum absolute atomic E-state index is 0.0662. The summed E-state index contributed by atoms with van der Waals surface area (Å²) in [7, 11) is 3.31. The smallest absolute Gasteiger partial charge is 0.246 e. The molecule has 0 unspecified atom stereocenters. The third-order valence-corrected chi connectivity index (χ3v) is 3.33. The van der Waals surface area contributed by atoms with Crippen LogP contribution in [0.3, 0.4) is 0 Å². The first-order chi connectivity index (χ1) is 9.11. The van der Waals surface area contributed by atoms with Gasteiger partial charge in [0.05, 0.1) is 7.11 Å². The fourth-order valence-electron chi connectivity index (χ4n) is 2.09. The molecule has 0 radical (unpaired) electrons. The number of ether oxygens (including phenoxy) is 1. The van der Waals surface area contributed by atoms with Crippen LogP contribution in [0.5, 0.6) is 5.75 Å². The second-order valence-electron chi connectivity index (χ2n) is 4.57. The lowest BCUT2D eigenvalue weighted by atomic mass is 10.2. The van der Waals surface area contributed by atoms with Gasteiger partial charge in [0.25, 0.3) is 0 Å². The Hall–Kier alpha value is -2.04. The predicted octanol–water partition coefficient (Wildman–Crippen LogP) is 1.28. The molecule has 1 heterocycles. The summed E-state index contributed by atoms with van der Waals surface area (Å²) < 4.78 is 5.07. The number of likely N-dealkylation sites (tertiary alicyclic amines) is 1. The Balaban J connectivity index is 1.99. The van der Waals surface area contributed by atoms with E-state index in [-0.39, 0.29) is 18.4 Å². The van der Waals surface area contributed by atoms with Crippen molar-refractivity contribution in [2.24, 2.45) is 0 Å². The SMILES string of the molecule is COc1ccc(N(C)C(=O)CN2CCCC2=O)cc1. The molecule has 0 atom stereocenters. The van der Waals surface area contributed by atoms with Crippen molar-refractivity contribution in [3.8, 4) is 5.75 Å². The molecular formula is C14H18N2O3. The van der Waals surface area contributed by atoms with Gasteiger partial charge >= 0.3 is 0 Å². The lowest BCUT2D eigenvalue weighted by Crippen LogP contribution is -2.38. The van der Waals surface area contributed by atoms with E-state index in [1.165, 1.54) is 0 Å². The standard InChI is InChI=1S/C14H18N2O3/c1-15(11-5-7-12(19-2)8-6-11)14(18)10-16-9-3-4-13(16)17/h5-8H,3-4,9-10H2,1-2H3. The molecule has 1 aliphatic heterocycles. The van der Waals surface area contributed by atoms with E-state index in [4.69, 9.17) is 4.74 Å². The summed E-state index contributed by atoms with van der Waals surface area (Å²) in [5.41, 5.74) is 0.789. The van der Waals surface area contributed by atoms with Crippen molar-refractivity contribution in [2.45, 2.75) is 12.8 Å². The number of benzene rings is 1. The van der Waals surface area contributed by atoms with Crippen molar-refractivity contribution < 1.29 is 14.3 Å².